The fraction of sp³-hybridized carbons (Fsp3) is 0.400. The molecule has 0 unspecified atom stereocenters. The lowest BCUT2D eigenvalue weighted by molar-refractivity contribution is -0.136. The van der Waals surface area contributed by atoms with E-state index in [-0.39, 0.29) is 5.97 Å². The monoisotopic (exact) mass is 227 g/mol. The van der Waals surface area contributed by atoms with Crippen LogP contribution >= 0.6 is 11.8 Å². The minimum atomic E-state index is -0.306. The number of carbonyl (C=O) groups excluding carboxylic acids is 1. The van der Waals surface area contributed by atoms with Crippen LogP contribution in [0.25, 0.3) is 0 Å². The Labute approximate surface area is 92.7 Å². The van der Waals surface area contributed by atoms with Gasteiger partial charge >= 0.3 is 5.97 Å². The zero-order valence-corrected chi connectivity index (χ0v) is 9.76. The Bertz CT molecular complexity index is 370. The Morgan fingerprint density at radius 2 is 2.47 bits per heavy atom. The van der Waals surface area contributed by atoms with E-state index < -0.39 is 0 Å². The van der Waals surface area contributed by atoms with Gasteiger partial charge in [-0.05, 0) is 13.8 Å². The Morgan fingerprint density at radius 1 is 1.73 bits per heavy atom. The first-order valence-corrected chi connectivity index (χ1v) is 5.42. The molecule has 0 aliphatic carbocycles. The molecule has 1 aromatic rings. The zero-order valence-electron chi connectivity index (χ0n) is 8.94. The average molecular weight is 227 g/mol. The second-order valence-corrected chi connectivity index (χ2v) is 3.92. The number of esters is 1. The number of nitrogens with zero attached hydrogens (tertiary/aromatic N) is 1. The fourth-order valence-electron chi connectivity index (χ4n) is 0.881. The second-order valence-electron chi connectivity index (χ2n) is 2.94. The van der Waals surface area contributed by atoms with E-state index in [0.717, 1.165) is 5.69 Å². The summed E-state index contributed by atoms with van der Waals surface area (Å²) >= 11 is 1.44. The summed E-state index contributed by atoms with van der Waals surface area (Å²) in [6.45, 7) is 3.58. The first-order chi connectivity index (χ1) is 7.13. The molecule has 0 radical (unpaired) electrons. The molecule has 0 aliphatic rings. The number of rotatable bonds is 4. The molecule has 0 amide bonds. The number of oxazole rings is 1. The van der Waals surface area contributed by atoms with Crippen molar-refractivity contribution in [2.45, 2.75) is 19.1 Å². The van der Waals surface area contributed by atoms with Gasteiger partial charge < -0.3 is 9.15 Å². The first kappa shape index (κ1) is 11.8. The molecule has 0 aromatic carbocycles. The molecule has 0 aliphatic heterocycles. The molecule has 4 nitrogen and oxygen atoms in total. The van der Waals surface area contributed by atoms with Crippen LogP contribution in [0.15, 0.2) is 27.6 Å². The number of carbonyl (C=O) groups is 1. The van der Waals surface area contributed by atoms with Gasteiger partial charge in [0.1, 0.15) is 6.26 Å². The standard InChI is InChI=1S/C10H13NO3S/c1-7(9(12)13-3)4-5-15-10-11-8(2)6-14-10/h4,6H,5H2,1-3H3. The molecule has 0 atom stereocenters. The molecule has 82 valence electrons. The van der Waals surface area contributed by atoms with Crippen LogP contribution in [0.5, 0.6) is 0 Å². The van der Waals surface area contributed by atoms with Crippen molar-refractivity contribution in [1.82, 2.24) is 4.98 Å². The molecular weight excluding hydrogens is 214 g/mol. The lowest BCUT2D eigenvalue weighted by Crippen LogP contribution is -2.01. The smallest absolute Gasteiger partial charge is 0.333 e. The molecule has 1 aromatic heterocycles. The van der Waals surface area contributed by atoms with Crippen LogP contribution in [0.1, 0.15) is 12.6 Å². The van der Waals surface area contributed by atoms with E-state index in [4.69, 9.17) is 4.42 Å². The molecular formula is C10H13NO3S. The maximum atomic E-state index is 11.0. The van der Waals surface area contributed by atoms with E-state index >= 15 is 0 Å². The molecule has 0 N–H and O–H groups in total. The van der Waals surface area contributed by atoms with Crippen LogP contribution in [0, 0.1) is 6.92 Å². The number of aryl methyl sites for hydroxylation is 1. The normalized spacial score (nSPS) is 11.5. The van der Waals surface area contributed by atoms with Crippen LogP contribution in [0.3, 0.4) is 0 Å². The first-order valence-electron chi connectivity index (χ1n) is 4.43. The van der Waals surface area contributed by atoms with Gasteiger partial charge in [-0.15, -0.1) is 0 Å². The second kappa shape index (κ2) is 5.60. The van der Waals surface area contributed by atoms with Crippen LogP contribution < -0.4 is 0 Å². The van der Waals surface area contributed by atoms with Crippen molar-refractivity contribution < 1.29 is 13.9 Å². The predicted octanol–water partition coefficient (Wildman–Crippen LogP) is 2.19. The molecule has 0 saturated carbocycles. The highest BCUT2D eigenvalue weighted by Crippen LogP contribution is 2.17. The van der Waals surface area contributed by atoms with Gasteiger partial charge in [-0.3, -0.25) is 0 Å². The van der Waals surface area contributed by atoms with Gasteiger partial charge in [0, 0.05) is 11.3 Å². The van der Waals surface area contributed by atoms with E-state index in [2.05, 4.69) is 9.72 Å². The van der Waals surface area contributed by atoms with Crippen molar-refractivity contribution in [3.8, 4) is 0 Å². The van der Waals surface area contributed by atoms with Crippen molar-refractivity contribution in [2.24, 2.45) is 0 Å². The van der Waals surface area contributed by atoms with E-state index in [1.54, 1.807) is 19.3 Å². The van der Waals surface area contributed by atoms with Crippen LogP contribution in [0.2, 0.25) is 0 Å². The topological polar surface area (TPSA) is 52.3 Å². The summed E-state index contributed by atoms with van der Waals surface area (Å²) in [7, 11) is 1.37. The van der Waals surface area contributed by atoms with Gasteiger partial charge in [-0.2, -0.15) is 0 Å². The summed E-state index contributed by atoms with van der Waals surface area (Å²) in [5, 5.41) is 0.612. The third-order valence-electron chi connectivity index (χ3n) is 1.70. The Kier molecular flexibility index (Phi) is 4.42. The van der Waals surface area contributed by atoms with Gasteiger partial charge in [0.25, 0.3) is 5.22 Å². The summed E-state index contributed by atoms with van der Waals surface area (Å²) in [5.41, 5.74) is 1.44. The maximum Gasteiger partial charge on any atom is 0.333 e. The van der Waals surface area contributed by atoms with Gasteiger partial charge in [0.15, 0.2) is 0 Å². The quantitative estimate of drug-likeness (QED) is 0.448. The zero-order chi connectivity index (χ0) is 11.3. The van der Waals surface area contributed by atoms with E-state index in [9.17, 15) is 4.79 Å². The SMILES string of the molecule is COC(=O)C(C)=CCSc1nc(C)co1. The molecule has 0 fully saturated rings. The number of ether oxygens (including phenoxy) is 1. The lowest BCUT2D eigenvalue weighted by Gasteiger charge is -1.97. The highest BCUT2D eigenvalue weighted by atomic mass is 32.2. The summed E-state index contributed by atoms with van der Waals surface area (Å²) in [6.07, 6.45) is 3.38. The largest absolute Gasteiger partial charge is 0.466 e. The fourth-order valence-corrected chi connectivity index (χ4v) is 1.68. The molecule has 0 bridgehead atoms. The van der Waals surface area contributed by atoms with Gasteiger partial charge in [-0.1, -0.05) is 17.8 Å². The van der Waals surface area contributed by atoms with Gasteiger partial charge in [0.2, 0.25) is 0 Å². The minimum absolute atomic E-state index is 0.306. The maximum absolute atomic E-state index is 11.0. The van der Waals surface area contributed by atoms with E-state index in [0.29, 0.717) is 16.5 Å². The summed E-state index contributed by atoms with van der Waals surface area (Å²) in [4.78, 5) is 15.1. The average Bonchev–Trinajstić information content (AvgIpc) is 2.63. The van der Waals surface area contributed by atoms with Crippen molar-refractivity contribution in [2.75, 3.05) is 12.9 Å². The highest BCUT2D eigenvalue weighted by Gasteiger charge is 2.03. The number of aromatic nitrogens is 1. The van der Waals surface area contributed by atoms with Crippen LogP contribution in [-0.4, -0.2) is 23.8 Å². The van der Waals surface area contributed by atoms with Gasteiger partial charge in [0.05, 0.1) is 12.8 Å². The van der Waals surface area contributed by atoms with Crippen LogP contribution in [-0.2, 0) is 9.53 Å². The van der Waals surface area contributed by atoms with Crippen molar-refractivity contribution in [3.05, 3.63) is 23.6 Å². The van der Waals surface area contributed by atoms with E-state index in [1.807, 2.05) is 6.92 Å². The van der Waals surface area contributed by atoms with Crippen molar-refractivity contribution in [1.29, 1.82) is 0 Å². The molecule has 1 heterocycles. The number of methoxy groups -OCH3 is 1. The summed E-state index contributed by atoms with van der Waals surface area (Å²) < 4.78 is 9.70. The molecule has 1 rings (SSSR count). The number of thioether (sulfide) groups is 1. The molecule has 0 spiro atoms. The van der Waals surface area contributed by atoms with E-state index in [1.165, 1.54) is 18.9 Å². The lowest BCUT2D eigenvalue weighted by atomic mass is 10.3. The van der Waals surface area contributed by atoms with Gasteiger partial charge in [-0.25, -0.2) is 9.78 Å². The molecule has 5 heteroatoms. The Balaban J connectivity index is 2.41. The summed E-state index contributed by atoms with van der Waals surface area (Å²) in [6, 6.07) is 0. The third kappa shape index (κ3) is 3.79. The predicted molar refractivity (Wildman–Crippen MR) is 57.7 cm³/mol. The highest BCUT2D eigenvalue weighted by molar-refractivity contribution is 7.99. The molecule has 0 saturated heterocycles. The van der Waals surface area contributed by atoms with Crippen LogP contribution in [0.4, 0.5) is 0 Å². The Morgan fingerprint density at radius 3 is 3.00 bits per heavy atom. The van der Waals surface area contributed by atoms with Crippen molar-refractivity contribution in [3.63, 3.8) is 0 Å². The number of hydrogen-bond acceptors (Lipinski definition) is 5. The van der Waals surface area contributed by atoms with Crippen molar-refractivity contribution >= 4 is 17.7 Å². The molecule has 15 heavy (non-hydrogen) atoms. The third-order valence-corrected chi connectivity index (χ3v) is 2.47. The minimum Gasteiger partial charge on any atom is -0.466 e. The number of hydrogen-bond donors (Lipinski definition) is 0. The Hall–Kier alpha value is -1.23. The summed E-state index contributed by atoms with van der Waals surface area (Å²) in [5.74, 6) is 0.333.